The van der Waals surface area contributed by atoms with Crippen LogP contribution in [0.5, 0.6) is 0 Å². The van der Waals surface area contributed by atoms with E-state index in [1.54, 1.807) is 18.4 Å². The lowest BCUT2D eigenvalue weighted by Gasteiger charge is -2.24. The molecular weight excluding hydrogens is 222 g/mol. The molecule has 0 aliphatic carbocycles. The summed E-state index contributed by atoms with van der Waals surface area (Å²) in [6.45, 7) is 5.29. The van der Waals surface area contributed by atoms with Crippen molar-refractivity contribution in [3.63, 3.8) is 0 Å². The number of hydrogen-bond acceptors (Lipinski definition) is 4. The summed E-state index contributed by atoms with van der Waals surface area (Å²) < 4.78 is 11.1. The maximum Gasteiger partial charge on any atom is 0.0955 e. The van der Waals surface area contributed by atoms with Crippen molar-refractivity contribution in [3.05, 3.63) is 22.4 Å². The Labute approximate surface area is 102 Å². The highest BCUT2D eigenvalue weighted by atomic mass is 32.1. The molecule has 0 saturated carbocycles. The van der Waals surface area contributed by atoms with Crippen molar-refractivity contribution in [2.75, 3.05) is 20.3 Å². The molecule has 0 spiro atoms. The van der Waals surface area contributed by atoms with Crippen molar-refractivity contribution in [1.82, 2.24) is 0 Å². The highest BCUT2D eigenvalue weighted by Gasteiger charge is 2.17. The van der Waals surface area contributed by atoms with Crippen molar-refractivity contribution in [3.8, 4) is 0 Å². The largest absolute Gasteiger partial charge is 0.379 e. The molecule has 1 heterocycles. The number of thiophene rings is 1. The normalized spacial score (nSPS) is 14.0. The van der Waals surface area contributed by atoms with Gasteiger partial charge in [0.15, 0.2) is 0 Å². The van der Waals surface area contributed by atoms with Crippen molar-refractivity contribution >= 4 is 11.3 Å². The first-order valence-electron chi connectivity index (χ1n) is 5.48. The van der Waals surface area contributed by atoms with Gasteiger partial charge in [-0.1, -0.05) is 0 Å². The van der Waals surface area contributed by atoms with E-state index in [-0.39, 0.29) is 11.7 Å². The van der Waals surface area contributed by atoms with E-state index in [4.69, 9.17) is 15.2 Å². The molecule has 1 rings (SSSR count). The van der Waals surface area contributed by atoms with Crippen LogP contribution in [0.25, 0.3) is 0 Å². The minimum atomic E-state index is -0.131. The molecule has 1 aromatic rings. The van der Waals surface area contributed by atoms with Gasteiger partial charge in [-0.25, -0.2) is 0 Å². The first-order chi connectivity index (χ1) is 7.59. The number of methoxy groups -OCH3 is 1. The minimum Gasteiger partial charge on any atom is -0.379 e. The smallest absolute Gasteiger partial charge is 0.0955 e. The average molecular weight is 243 g/mol. The Hall–Kier alpha value is -0.420. The fourth-order valence-electron chi connectivity index (χ4n) is 1.31. The zero-order valence-electron chi connectivity index (χ0n) is 10.2. The van der Waals surface area contributed by atoms with Crippen molar-refractivity contribution in [2.45, 2.75) is 32.0 Å². The van der Waals surface area contributed by atoms with Crippen molar-refractivity contribution < 1.29 is 9.47 Å². The standard InChI is InChI=1S/C12H21NO2S/c1-12(2,14-3)5-6-15-11(8-13)10-4-7-16-9-10/h4,7,9,11H,5-6,8,13H2,1-3H3. The van der Waals surface area contributed by atoms with Crippen molar-refractivity contribution in [2.24, 2.45) is 5.73 Å². The molecular formula is C12H21NO2S. The van der Waals surface area contributed by atoms with E-state index in [1.807, 2.05) is 5.38 Å². The summed E-state index contributed by atoms with van der Waals surface area (Å²) >= 11 is 1.67. The molecule has 3 nitrogen and oxygen atoms in total. The van der Waals surface area contributed by atoms with E-state index in [2.05, 4.69) is 25.3 Å². The van der Waals surface area contributed by atoms with Crippen LogP contribution in [-0.2, 0) is 9.47 Å². The van der Waals surface area contributed by atoms with Crippen LogP contribution in [-0.4, -0.2) is 25.9 Å². The summed E-state index contributed by atoms with van der Waals surface area (Å²) in [6.07, 6.45) is 0.878. The third-order valence-corrected chi connectivity index (χ3v) is 3.41. The van der Waals surface area contributed by atoms with Crippen LogP contribution in [0.1, 0.15) is 31.9 Å². The highest BCUT2D eigenvalue weighted by Crippen LogP contribution is 2.21. The fraction of sp³-hybridized carbons (Fsp3) is 0.667. The van der Waals surface area contributed by atoms with E-state index in [0.717, 1.165) is 6.42 Å². The first-order valence-corrected chi connectivity index (χ1v) is 6.42. The molecule has 16 heavy (non-hydrogen) atoms. The molecule has 4 heteroatoms. The Balaban J connectivity index is 2.36. The molecule has 0 aliphatic rings. The molecule has 2 N–H and O–H groups in total. The second kappa shape index (κ2) is 6.35. The van der Waals surface area contributed by atoms with Gasteiger partial charge in [0.25, 0.3) is 0 Å². The monoisotopic (exact) mass is 243 g/mol. The highest BCUT2D eigenvalue weighted by molar-refractivity contribution is 7.07. The van der Waals surface area contributed by atoms with Crippen LogP contribution >= 0.6 is 11.3 Å². The van der Waals surface area contributed by atoms with Crippen LogP contribution in [0.15, 0.2) is 16.8 Å². The molecule has 1 unspecified atom stereocenters. The maximum atomic E-state index is 5.78. The Bertz CT molecular complexity index is 285. The van der Waals surface area contributed by atoms with Gasteiger partial charge in [-0.3, -0.25) is 0 Å². The molecule has 1 aromatic heterocycles. The number of hydrogen-bond donors (Lipinski definition) is 1. The number of nitrogens with two attached hydrogens (primary N) is 1. The maximum absolute atomic E-state index is 5.78. The molecule has 0 aromatic carbocycles. The number of rotatable bonds is 7. The summed E-state index contributed by atoms with van der Waals surface area (Å²) in [7, 11) is 1.72. The van der Waals surface area contributed by atoms with E-state index in [0.29, 0.717) is 13.2 Å². The van der Waals surface area contributed by atoms with Gasteiger partial charge in [0.1, 0.15) is 0 Å². The Morgan fingerprint density at radius 2 is 2.25 bits per heavy atom. The predicted molar refractivity (Wildman–Crippen MR) is 67.8 cm³/mol. The SMILES string of the molecule is COC(C)(C)CCOC(CN)c1ccsc1. The lowest BCUT2D eigenvalue weighted by molar-refractivity contribution is -0.0256. The summed E-state index contributed by atoms with van der Waals surface area (Å²) in [5, 5.41) is 4.12. The lowest BCUT2D eigenvalue weighted by atomic mass is 10.1. The minimum absolute atomic E-state index is 0.0129. The topological polar surface area (TPSA) is 44.5 Å². The van der Waals surface area contributed by atoms with Crippen LogP contribution in [0.3, 0.4) is 0 Å². The molecule has 0 fully saturated rings. The summed E-state index contributed by atoms with van der Waals surface area (Å²) in [6, 6.07) is 2.06. The zero-order chi connectivity index (χ0) is 12.0. The fourth-order valence-corrected chi connectivity index (χ4v) is 2.01. The Morgan fingerprint density at radius 3 is 2.75 bits per heavy atom. The second-order valence-corrected chi connectivity index (χ2v) is 5.15. The quantitative estimate of drug-likeness (QED) is 0.800. The van der Waals surface area contributed by atoms with E-state index in [9.17, 15) is 0 Å². The second-order valence-electron chi connectivity index (χ2n) is 4.37. The first kappa shape index (κ1) is 13.6. The van der Waals surface area contributed by atoms with E-state index < -0.39 is 0 Å². The molecule has 0 amide bonds. The molecule has 0 saturated heterocycles. The van der Waals surface area contributed by atoms with Crippen LogP contribution in [0.2, 0.25) is 0 Å². The van der Waals surface area contributed by atoms with Crippen molar-refractivity contribution in [1.29, 1.82) is 0 Å². The molecule has 1 atom stereocenters. The van der Waals surface area contributed by atoms with Crippen LogP contribution in [0.4, 0.5) is 0 Å². The third-order valence-electron chi connectivity index (χ3n) is 2.70. The van der Waals surface area contributed by atoms with Gasteiger partial charge in [0.05, 0.1) is 18.3 Å². The van der Waals surface area contributed by atoms with Crippen LogP contribution < -0.4 is 5.73 Å². The average Bonchev–Trinajstić information content (AvgIpc) is 2.78. The van der Waals surface area contributed by atoms with Gasteiger partial charge < -0.3 is 15.2 Å². The summed E-state index contributed by atoms with van der Waals surface area (Å²) in [5.41, 5.74) is 6.73. The van der Waals surface area contributed by atoms with E-state index >= 15 is 0 Å². The van der Waals surface area contributed by atoms with Gasteiger partial charge in [-0.2, -0.15) is 11.3 Å². The Kier molecular flexibility index (Phi) is 5.41. The zero-order valence-corrected chi connectivity index (χ0v) is 11.0. The molecule has 0 radical (unpaired) electrons. The van der Waals surface area contributed by atoms with Gasteiger partial charge in [-0.05, 0) is 42.7 Å². The lowest BCUT2D eigenvalue weighted by Crippen LogP contribution is -2.26. The summed E-state index contributed by atoms with van der Waals surface area (Å²) in [4.78, 5) is 0. The van der Waals surface area contributed by atoms with Gasteiger partial charge in [0.2, 0.25) is 0 Å². The van der Waals surface area contributed by atoms with Gasteiger partial charge in [0, 0.05) is 13.7 Å². The molecule has 0 bridgehead atoms. The number of ether oxygens (including phenoxy) is 2. The summed E-state index contributed by atoms with van der Waals surface area (Å²) in [5.74, 6) is 0. The predicted octanol–water partition coefficient (Wildman–Crippen LogP) is 2.58. The van der Waals surface area contributed by atoms with Crippen LogP contribution in [0, 0.1) is 0 Å². The molecule has 92 valence electrons. The molecule has 0 aliphatic heterocycles. The van der Waals surface area contributed by atoms with Gasteiger partial charge in [-0.15, -0.1) is 0 Å². The van der Waals surface area contributed by atoms with Gasteiger partial charge >= 0.3 is 0 Å². The Morgan fingerprint density at radius 1 is 1.50 bits per heavy atom. The third kappa shape index (κ3) is 4.22. The van der Waals surface area contributed by atoms with E-state index in [1.165, 1.54) is 5.56 Å².